The van der Waals surface area contributed by atoms with Crippen molar-refractivity contribution >= 4 is 11.6 Å². The van der Waals surface area contributed by atoms with E-state index in [0.717, 1.165) is 24.8 Å². The third-order valence-corrected chi connectivity index (χ3v) is 3.90. The number of hydrogen-bond acceptors (Lipinski definition) is 4. The minimum absolute atomic E-state index is 0.358. The average Bonchev–Trinajstić information content (AvgIpc) is 3.22. The average molecular weight is 301 g/mol. The normalized spacial score (nSPS) is 20.6. The fourth-order valence-corrected chi connectivity index (χ4v) is 2.81. The monoisotopic (exact) mass is 300 g/mol. The highest BCUT2D eigenvalue weighted by Gasteiger charge is 2.36. The zero-order valence-corrected chi connectivity index (χ0v) is 13.1. The van der Waals surface area contributed by atoms with Crippen molar-refractivity contribution in [1.29, 1.82) is 0 Å². The summed E-state index contributed by atoms with van der Waals surface area (Å²) >= 11 is 6.24. The van der Waals surface area contributed by atoms with Crippen LogP contribution in [-0.4, -0.2) is 33.5 Å². The molecular weight excluding hydrogens is 280 g/mol. The first-order valence-corrected chi connectivity index (χ1v) is 7.16. The van der Waals surface area contributed by atoms with Crippen molar-refractivity contribution in [2.24, 2.45) is 0 Å². The molecule has 1 aromatic rings. The summed E-state index contributed by atoms with van der Waals surface area (Å²) in [5.74, 6) is 1.73. The molecule has 5 heteroatoms. The van der Waals surface area contributed by atoms with Crippen LogP contribution in [0.4, 0.5) is 0 Å². The van der Waals surface area contributed by atoms with Gasteiger partial charge in [0.2, 0.25) is 5.75 Å². The second kappa shape index (κ2) is 6.55. The molecule has 1 aromatic carbocycles. The van der Waals surface area contributed by atoms with E-state index >= 15 is 0 Å². The summed E-state index contributed by atoms with van der Waals surface area (Å²) in [5.41, 5.74) is 1.01. The molecule has 20 heavy (non-hydrogen) atoms. The van der Waals surface area contributed by atoms with E-state index in [2.05, 4.69) is 6.92 Å². The highest BCUT2D eigenvalue weighted by molar-refractivity contribution is 6.32. The molecule has 1 aliphatic heterocycles. The lowest BCUT2D eigenvalue weighted by molar-refractivity contribution is 0.321. The van der Waals surface area contributed by atoms with Gasteiger partial charge in [0.25, 0.3) is 0 Å². The lowest BCUT2D eigenvalue weighted by atomic mass is 10.0. The van der Waals surface area contributed by atoms with Gasteiger partial charge in [0.05, 0.1) is 38.6 Å². The van der Waals surface area contributed by atoms with E-state index in [1.807, 2.05) is 6.07 Å². The van der Waals surface area contributed by atoms with Crippen LogP contribution in [0.2, 0.25) is 5.02 Å². The van der Waals surface area contributed by atoms with Crippen LogP contribution in [0.25, 0.3) is 0 Å². The Morgan fingerprint density at radius 3 is 2.20 bits per heavy atom. The van der Waals surface area contributed by atoms with Crippen LogP contribution in [0.3, 0.4) is 0 Å². The number of ether oxygens (including phenoxy) is 4. The van der Waals surface area contributed by atoms with Gasteiger partial charge < -0.3 is 18.9 Å². The van der Waals surface area contributed by atoms with Crippen LogP contribution in [-0.2, 0) is 11.2 Å². The fraction of sp³-hybridized carbons (Fsp3) is 0.600. The molecule has 1 saturated heterocycles. The summed E-state index contributed by atoms with van der Waals surface area (Å²) in [6.45, 7) is 2.14. The van der Waals surface area contributed by atoms with Gasteiger partial charge in [0, 0.05) is 0 Å². The maximum Gasteiger partial charge on any atom is 0.205 e. The molecule has 0 aromatic heterocycles. The minimum Gasteiger partial charge on any atom is -0.492 e. The lowest BCUT2D eigenvalue weighted by Gasteiger charge is -2.17. The summed E-state index contributed by atoms with van der Waals surface area (Å²) in [4.78, 5) is 0. The molecule has 2 rings (SSSR count). The first-order chi connectivity index (χ1) is 9.65. The van der Waals surface area contributed by atoms with Gasteiger partial charge in [0.1, 0.15) is 0 Å². The first kappa shape index (κ1) is 15.3. The lowest BCUT2D eigenvalue weighted by Crippen LogP contribution is -2.02. The van der Waals surface area contributed by atoms with Crippen LogP contribution < -0.4 is 14.2 Å². The zero-order valence-electron chi connectivity index (χ0n) is 12.4. The minimum atomic E-state index is 0.358. The summed E-state index contributed by atoms with van der Waals surface area (Å²) in [6.07, 6.45) is 3.63. The summed E-state index contributed by atoms with van der Waals surface area (Å²) in [7, 11) is 4.77. The van der Waals surface area contributed by atoms with Gasteiger partial charge in [-0.25, -0.2) is 0 Å². The van der Waals surface area contributed by atoms with E-state index < -0.39 is 0 Å². The molecule has 1 heterocycles. The predicted molar refractivity (Wildman–Crippen MR) is 78.4 cm³/mol. The topological polar surface area (TPSA) is 40.2 Å². The van der Waals surface area contributed by atoms with Gasteiger partial charge in [0.15, 0.2) is 11.5 Å². The van der Waals surface area contributed by atoms with Crippen LogP contribution >= 0.6 is 11.6 Å². The maximum atomic E-state index is 6.24. The number of rotatable bonds is 7. The maximum absolute atomic E-state index is 6.24. The van der Waals surface area contributed by atoms with E-state index in [1.165, 1.54) is 0 Å². The first-order valence-electron chi connectivity index (χ1n) is 6.79. The molecule has 1 fully saturated rings. The van der Waals surface area contributed by atoms with Gasteiger partial charge >= 0.3 is 0 Å². The molecular formula is C15H21ClO4. The number of hydrogen-bond donors (Lipinski definition) is 0. The fourth-order valence-electron chi connectivity index (χ4n) is 2.52. The Labute approximate surface area is 124 Å². The van der Waals surface area contributed by atoms with Crippen LogP contribution in [0.5, 0.6) is 17.2 Å². The number of aryl methyl sites for hydroxylation is 1. The molecule has 0 radical (unpaired) electrons. The van der Waals surface area contributed by atoms with Crippen LogP contribution in [0.1, 0.15) is 25.3 Å². The Kier molecular flexibility index (Phi) is 5.00. The highest BCUT2D eigenvalue weighted by atomic mass is 35.5. The standard InChI is InChI=1S/C15H21ClO4/c1-5-11-12(20-11)7-6-9-8-10(16)14(18-3)15(19-4)13(9)17-2/h8,11-12H,5-7H2,1-4H3. The summed E-state index contributed by atoms with van der Waals surface area (Å²) in [6, 6.07) is 1.88. The Bertz CT molecular complexity index is 475. The van der Waals surface area contributed by atoms with E-state index in [9.17, 15) is 0 Å². The quantitative estimate of drug-likeness (QED) is 0.723. The third kappa shape index (κ3) is 2.96. The molecule has 112 valence electrons. The van der Waals surface area contributed by atoms with E-state index in [4.69, 9.17) is 30.5 Å². The van der Waals surface area contributed by atoms with Crippen molar-refractivity contribution in [1.82, 2.24) is 0 Å². The highest BCUT2D eigenvalue weighted by Crippen LogP contribution is 2.45. The van der Waals surface area contributed by atoms with Crippen molar-refractivity contribution in [3.05, 3.63) is 16.7 Å². The van der Waals surface area contributed by atoms with Crippen molar-refractivity contribution < 1.29 is 18.9 Å². The van der Waals surface area contributed by atoms with Gasteiger partial charge in [-0.3, -0.25) is 0 Å². The molecule has 2 atom stereocenters. The molecule has 0 amide bonds. The Morgan fingerprint density at radius 2 is 1.70 bits per heavy atom. The largest absolute Gasteiger partial charge is 0.492 e. The molecule has 0 spiro atoms. The summed E-state index contributed by atoms with van der Waals surface area (Å²) < 4.78 is 21.7. The predicted octanol–water partition coefficient (Wildman–Crippen LogP) is 3.48. The molecule has 0 aliphatic carbocycles. The van der Waals surface area contributed by atoms with Crippen molar-refractivity contribution in [2.75, 3.05) is 21.3 Å². The van der Waals surface area contributed by atoms with Crippen molar-refractivity contribution in [3.63, 3.8) is 0 Å². The summed E-state index contributed by atoms with van der Waals surface area (Å²) in [5, 5.41) is 0.531. The molecule has 2 unspecified atom stereocenters. The Balaban J connectivity index is 2.21. The van der Waals surface area contributed by atoms with E-state index in [0.29, 0.717) is 34.5 Å². The molecule has 4 nitrogen and oxygen atoms in total. The van der Waals surface area contributed by atoms with Gasteiger partial charge in [-0.05, 0) is 30.9 Å². The van der Waals surface area contributed by atoms with Gasteiger partial charge in [-0.15, -0.1) is 0 Å². The Morgan fingerprint density at radius 1 is 1.05 bits per heavy atom. The van der Waals surface area contributed by atoms with E-state index in [-0.39, 0.29) is 0 Å². The van der Waals surface area contributed by atoms with Crippen LogP contribution in [0, 0.1) is 0 Å². The number of benzene rings is 1. The zero-order chi connectivity index (χ0) is 14.7. The molecule has 0 N–H and O–H groups in total. The van der Waals surface area contributed by atoms with E-state index in [1.54, 1.807) is 21.3 Å². The van der Waals surface area contributed by atoms with Gasteiger partial charge in [-0.1, -0.05) is 18.5 Å². The van der Waals surface area contributed by atoms with Crippen molar-refractivity contribution in [2.45, 2.75) is 38.4 Å². The second-order valence-electron chi connectivity index (χ2n) is 4.78. The molecule has 0 saturated carbocycles. The number of methoxy groups -OCH3 is 3. The smallest absolute Gasteiger partial charge is 0.205 e. The van der Waals surface area contributed by atoms with Gasteiger partial charge in [-0.2, -0.15) is 0 Å². The SMILES string of the molecule is CCC1OC1CCc1cc(Cl)c(OC)c(OC)c1OC. The van der Waals surface area contributed by atoms with Crippen LogP contribution in [0.15, 0.2) is 6.07 Å². The Hall–Kier alpha value is -1.13. The molecule has 1 aliphatic rings. The van der Waals surface area contributed by atoms with Crippen molar-refractivity contribution in [3.8, 4) is 17.2 Å². The second-order valence-corrected chi connectivity index (χ2v) is 5.18. The molecule has 0 bridgehead atoms. The number of epoxide rings is 1. The third-order valence-electron chi connectivity index (χ3n) is 3.62. The number of halogens is 1.